The van der Waals surface area contributed by atoms with E-state index in [-0.39, 0.29) is 11.6 Å². The van der Waals surface area contributed by atoms with E-state index in [0.29, 0.717) is 20.8 Å². The fraction of sp³-hybridized carbons (Fsp3) is 0. The van der Waals surface area contributed by atoms with E-state index in [1.165, 1.54) is 23.5 Å². The highest BCUT2D eigenvalue weighted by Crippen LogP contribution is 2.24. The Hall–Kier alpha value is -2.07. The van der Waals surface area contributed by atoms with Crippen molar-refractivity contribution in [3.8, 4) is 0 Å². The van der Waals surface area contributed by atoms with Gasteiger partial charge in [-0.3, -0.25) is 4.79 Å². The highest BCUT2D eigenvalue weighted by molar-refractivity contribution is 7.20. The lowest BCUT2D eigenvalue weighted by atomic mass is 10.1. The van der Waals surface area contributed by atoms with Crippen LogP contribution >= 0.6 is 11.3 Å². The van der Waals surface area contributed by atoms with Gasteiger partial charge in [-0.2, -0.15) is 0 Å². The van der Waals surface area contributed by atoms with Crippen molar-refractivity contribution < 1.29 is 9.18 Å². The van der Waals surface area contributed by atoms with Crippen LogP contribution in [0, 0.1) is 5.82 Å². The second-order valence-electron chi connectivity index (χ2n) is 3.83. The van der Waals surface area contributed by atoms with Crippen LogP contribution in [0.25, 0.3) is 10.2 Å². The quantitative estimate of drug-likeness (QED) is 0.656. The van der Waals surface area contributed by atoms with E-state index in [4.69, 9.17) is 0 Å². The van der Waals surface area contributed by atoms with Crippen LogP contribution in [0.5, 0.6) is 0 Å². The van der Waals surface area contributed by atoms with Gasteiger partial charge in [0.1, 0.15) is 5.82 Å². The molecule has 0 saturated heterocycles. The number of benzene rings is 2. The molecule has 3 aromatic rings. The summed E-state index contributed by atoms with van der Waals surface area (Å²) in [4.78, 5) is 16.4. The van der Waals surface area contributed by atoms with Crippen LogP contribution < -0.4 is 0 Å². The average Bonchev–Trinajstić information content (AvgIpc) is 2.81. The molecule has 18 heavy (non-hydrogen) atoms. The number of fused-ring (bicyclic) bond motifs is 1. The zero-order chi connectivity index (χ0) is 12.5. The minimum atomic E-state index is -0.315. The standard InChI is InChI=1S/C14H8FNOS/c15-10-6-7-11-12(8-10)18-14(16-11)13(17)9-4-2-1-3-5-9/h1-8H. The number of ketones is 1. The van der Waals surface area contributed by atoms with Gasteiger partial charge in [-0.05, 0) is 18.2 Å². The van der Waals surface area contributed by atoms with E-state index in [9.17, 15) is 9.18 Å². The fourth-order valence-electron chi connectivity index (χ4n) is 1.71. The van der Waals surface area contributed by atoms with Crippen LogP contribution in [0.3, 0.4) is 0 Å². The van der Waals surface area contributed by atoms with Crippen molar-refractivity contribution in [3.63, 3.8) is 0 Å². The summed E-state index contributed by atoms with van der Waals surface area (Å²) in [6, 6.07) is 13.3. The molecule has 0 aliphatic carbocycles. The van der Waals surface area contributed by atoms with Crippen molar-refractivity contribution in [3.05, 3.63) is 64.9 Å². The summed E-state index contributed by atoms with van der Waals surface area (Å²) >= 11 is 1.21. The van der Waals surface area contributed by atoms with Gasteiger partial charge >= 0.3 is 0 Å². The van der Waals surface area contributed by atoms with Gasteiger partial charge < -0.3 is 0 Å². The SMILES string of the molecule is O=C(c1ccccc1)c1nc2ccc(F)cc2s1. The maximum Gasteiger partial charge on any atom is 0.221 e. The Morgan fingerprint density at radius 1 is 1.11 bits per heavy atom. The third-order valence-corrected chi connectivity index (χ3v) is 3.60. The molecule has 2 aromatic carbocycles. The van der Waals surface area contributed by atoms with Crippen molar-refractivity contribution in [2.45, 2.75) is 0 Å². The summed E-state index contributed by atoms with van der Waals surface area (Å²) in [5, 5.41) is 0.391. The minimum Gasteiger partial charge on any atom is -0.286 e. The van der Waals surface area contributed by atoms with Gasteiger partial charge in [-0.15, -0.1) is 11.3 Å². The lowest BCUT2D eigenvalue weighted by molar-refractivity contribution is 0.103. The molecule has 0 fully saturated rings. The van der Waals surface area contributed by atoms with Crippen molar-refractivity contribution in [1.29, 1.82) is 0 Å². The Morgan fingerprint density at radius 3 is 2.67 bits per heavy atom. The summed E-state index contributed by atoms with van der Waals surface area (Å²) in [5.74, 6) is -0.443. The zero-order valence-corrected chi connectivity index (χ0v) is 10.1. The molecule has 0 bridgehead atoms. The first-order valence-electron chi connectivity index (χ1n) is 5.40. The fourth-order valence-corrected chi connectivity index (χ4v) is 2.66. The first-order valence-corrected chi connectivity index (χ1v) is 6.21. The molecule has 0 spiro atoms. The second kappa shape index (κ2) is 4.31. The number of halogens is 1. The van der Waals surface area contributed by atoms with Gasteiger partial charge in [0.05, 0.1) is 10.2 Å². The maximum atomic E-state index is 13.1. The number of thiazole rings is 1. The number of hydrogen-bond acceptors (Lipinski definition) is 3. The van der Waals surface area contributed by atoms with E-state index in [2.05, 4.69) is 4.98 Å². The Bertz CT molecular complexity index is 721. The molecule has 1 heterocycles. The number of carbonyl (C=O) groups excluding carboxylic acids is 1. The monoisotopic (exact) mass is 257 g/mol. The van der Waals surface area contributed by atoms with Gasteiger partial charge in [0.15, 0.2) is 5.01 Å². The van der Waals surface area contributed by atoms with E-state index in [1.54, 1.807) is 30.3 Å². The Balaban J connectivity index is 2.07. The first-order chi connectivity index (χ1) is 8.74. The van der Waals surface area contributed by atoms with E-state index >= 15 is 0 Å². The van der Waals surface area contributed by atoms with Crippen LogP contribution in [0.4, 0.5) is 4.39 Å². The van der Waals surface area contributed by atoms with Crippen LogP contribution in [0.1, 0.15) is 15.4 Å². The third-order valence-electron chi connectivity index (χ3n) is 2.58. The molecule has 0 aliphatic rings. The molecule has 0 N–H and O–H groups in total. The highest BCUT2D eigenvalue weighted by Gasteiger charge is 2.14. The summed E-state index contributed by atoms with van der Waals surface area (Å²) in [7, 11) is 0. The number of carbonyl (C=O) groups is 1. The predicted octanol–water partition coefficient (Wildman–Crippen LogP) is 3.67. The highest BCUT2D eigenvalue weighted by atomic mass is 32.1. The maximum absolute atomic E-state index is 13.1. The van der Waals surface area contributed by atoms with Gasteiger partial charge in [0.25, 0.3) is 0 Å². The van der Waals surface area contributed by atoms with Gasteiger partial charge in [-0.25, -0.2) is 9.37 Å². The molecule has 0 amide bonds. The molecule has 0 radical (unpaired) electrons. The van der Waals surface area contributed by atoms with Gasteiger partial charge in [0, 0.05) is 5.56 Å². The second-order valence-corrected chi connectivity index (χ2v) is 4.86. The van der Waals surface area contributed by atoms with E-state index in [0.717, 1.165) is 0 Å². The van der Waals surface area contributed by atoms with Crippen molar-refractivity contribution in [2.75, 3.05) is 0 Å². The smallest absolute Gasteiger partial charge is 0.221 e. The van der Waals surface area contributed by atoms with Crippen LogP contribution in [-0.2, 0) is 0 Å². The molecule has 2 nitrogen and oxygen atoms in total. The van der Waals surface area contributed by atoms with E-state index in [1.807, 2.05) is 6.07 Å². The molecular formula is C14H8FNOS. The molecule has 0 unspecified atom stereocenters. The van der Waals surface area contributed by atoms with Crippen molar-refractivity contribution >= 4 is 27.3 Å². The van der Waals surface area contributed by atoms with Crippen LogP contribution in [-0.4, -0.2) is 10.8 Å². The Kier molecular flexibility index (Phi) is 2.64. The summed E-state index contributed by atoms with van der Waals surface area (Å²) in [5.41, 5.74) is 1.25. The number of hydrogen-bond donors (Lipinski definition) is 0. The van der Waals surface area contributed by atoms with Crippen LogP contribution in [0.2, 0.25) is 0 Å². The van der Waals surface area contributed by atoms with Crippen molar-refractivity contribution in [2.24, 2.45) is 0 Å². The number of aromatic nitrogens is 1. The Labute approximate surface area is 107 Å². The molecule has 88 valence electrons. The largest absolute Gasteiger partial charge is 0.286 e. The molecule has 0 saturated carbocycles. The zero-order valence-electron chi connectivity index (χ0n) is 9.26. The molecule has 1 aromatic heterocycles. The normalized spacial score (nSPS) is 10.7. The number of rotatable bonds is 2. The number of nitrogens with zero attached hydrogens (tertiary/aromatic N) is 1. The predicted molar refractivity (Wildman–Crippen MR) is 69.5 cm³/mol. The molecule has 0 atom stereocenters. The lowest BCUT2D eigenvalue weighted by Gasteiger charge is -1.94. The van der Waals surface area contributed by atoms with Crippen molar-refractivity contribution in [1.82, 2.24) is 4.98 Å². The summed E-state index contributed by atoms with van der Waals surface area (Å²) in [6.07, 6.45) is 0. The summed E-state index contributed by atoms with van der Waals surface area (Å²) < 4.78 is 13.8. The topological polar surface area (TPSA) is 30.0 Å². The van der Waals surface area contributed by atoms with E-state index < -0.39 is 0 Å². The molecule has 3 rings (SSSR count). The van der Waals surface area contributed by atoms with Gasteiger partial charge in [0.2, 0.25) is 5.78 Å². The molecule has 4 heteroatoms. The van der Waals surface area contributed by atoms with Gasteiger partial charge in [-0.1, -0.05) is 30.3 Å². The third kappa shape index (κ3) is 1.91. The molecular weight excluding hydrogens is 249 g/mol. The average molecular weight is 257 g/mol. The molecule has 0 aliphatic heterocycles. The summed E-state index contributed by atoms with van der Waals surface area (Å²) in [6.45, 7) is 0. The van der Waals surface area contributed by atoms with Crippen LogP contribution in [0.15, 0.2) is 48.5 Å². The first kappa shape index (κ1) is 11.0. The Morgan fingerprint density at radius 2 is 1.89 bits per heavy atom. The lowest BCUT2D eigenvalue weighted by Crippen LogP contribution is -1.99. The minimum absolute atomic E-state index is 0.128.